The van der Waals surface area contributed by atoms with E-state index in [1.54, 1.807) is 42.3 Å². The van der Waals surface area contributed by atoms with Crippen LogP contribution in [-0.4, -0.2) is 22.2 Å². The maximum Gasteiger partial charge on any atom is 0.231 e. The number of aliphatic hydroxyl groups is 1. The first-order valence-corrected chi connectivity index (χ1v) is 11.3. The molecule has 0 aliphatic carbocycles. The third-order valence-corrected chi connectivity index (χ3v) is 6.88. The first-order chi connectivity index (χ1) is 14.6. The van der Waals surface area contributed by atoms with Crippen LogP contribution in [0.5, 0.6) is 17.4 Å². The lowest BCUT2D eigenvalue weighted by atomic mass is 10.2. The van der Waals surface area contributed by atoms with Crippen LogP contribution in [0.4, 0.5) is 0 Å². The van der Waals surface area contributed by atoms with Gasteiger partial charge in [-0.2, -0.15) is 4.98 Å². The zero-order valence-electron chi connectivity index (χ0n) is 17.0. The van der Waals surface area contributed by atoms with Crippen molar-refractivity contribution in [3.05, 3.63) is 70.4 Å². The molecule has 2 aromatic carbocycles. The van der Waals surface area contributed by atoms with Crippen molar-refractivity contribution in [3.63, 3.8) is 0 Å². The van der Waals surface area contributed by atoms with Gasteiger partial charge < -0.3 is 14.6 Å². The van der Waals surface area contributed by atoms with Crippen LogP contribution in [0.1, 0.15) is 21.8 Å². The van der Waals surface area contributed by atoms with Crippen molar-refractivity contribution in [2.75, 3.05) is 7.11 Å². The van der Waals surface area contributed by atoms with Gasteiger partial charge in [0.25, 0.3) is 0 Å². The van der Waals surface area contributed by atoms with E-state index in [2.05, 4.69) is 26.0 Å². The van der Waals surface area contributed by atoms with Gasteiger partial charge in [0.15, 0.2) is 11.5 Å². The summed E-state index contributed by atoms with van der Waals surface area (Å²) < 4.78 is 11.7. The Hall–Kier alpha value is -2.61. The van der Waals surface area contributed by atoms with E-state index < -0.39 is 0 Å². The lowest BCUT2D eigenvalue weighted by molar-refractivity contribution is 0.280. The van der Waals surface area contributed by atoms with Gasteiger partial charge in [-0.25, -0.2) is 4.98 Å². The number of rotatable bonds is 7. The zero-order chi connectivity index (χ0) is 21.1. The minimum absolute atomic E-state index is 0.0575. The molecule has 7 heteroatoms. The Kier molecular flexibility index (Phi) is 6.22. The number of ether oxygens (including phenoxy) is 2. The van der Waals surface area contributed by atoms with Crippen LogP contribution >= 0.6 is 23.1 Å². The summed E-state index contributed by atoms with van der Waals surface area (Å²) in [7, 11) is 1.58. The average Bonchev–Trinajstić information content (AvgIpc) is 3.06. The summed E-state index contributed by atoms with van der Waals surface area (Å²) in [6.45, 7) is 4.09. The highest BCUT2D eigenvalue weighted by Gasteiger charge is 2.18. The maximum atomic E-state index is 9.39. The number of fused-ring (bicyclic) bond motifs is 1. The van der Waals surface area contributed by atoms with Crippen molar-refractivity contribution in [3.8, 4) is 17.4 Å². The molecule has 5 nitrogen and oxygen atoms in total. The fourth-order valence-electron chi connectivity index (χ4n) is 3.06. The smallest absolute Gasteiger partial charge is 0.231 e. The predicted octanol–water partition coefficient (Wildman–Crippen LogP) is 5.89. The molecule has 0 radical (unpaired) electrons. The highest BCUT2D eigenvalue weighted by atomic mass is 32.2. The van der Waals surface area contributed by atoms with Gasteiger partial charge >= 0.3 is 0 Å². The molecule has 0 saturated heterocycles. The fourth-order valence-corrected chi connectivity index (χ4v) is 4.87. The van der Waals surface area contributed by atoms with Crippen LogP contribution in [0, 0.1) is 13.8 Å². The third kappa shape index (κ3) is 4.28. The van der Waals surface area contributed by atoms with E-state index in [1.165, 1.54) is 9.77 Å². The number of aryl methyl sites for hydroxylation is 2. The van der Waals surface area contributed by atoms with Crippen LogP contribution in [0.25, 0.3) is 10.2 Å². The lowest BCUT2D eigenvalue weighted by Crippen LogP contribution is -1.99. The first kappa shape index (κ1) is 20.7. The third-order valence-electron chi connectivity index (χ3n) is 4.77. The van der Waals surface area contributed by atoms with Crippen molar-refractivity contribution in [2.45, 2.75) is 31.1 Å². The molecular formula is C23H22N2O3S2. The Morgan fingerprint density at radius 1 is 1.03 bits per heavy atom. The molecule has 0 unspecified atom stereocenters. The Morgan fingerprint density at radius 2 is 1.83 bits per heavy atom. The highest BCUT2D eigenvalue weighted by molar-refractivity contribution is 7.98. The van der Waals surface area contributed by atoms with Crippen LogP contribution in [0.15, 0.2) is 53.4 Å². The Morgan fingerprint density at radius 3 is 2.57 bits per heavy atom. The van der Waals surface area contributed by atoms with Crippen molar-refractivity contribution in [2.24, 2.45) is 0 Å². The molecule has 30 heavy (non-hydrogen) atoms. The molecular weight excluding hydrogens is 416 g/mol. The van der Waals surface area contributed by atoms with Crippen LogP contribution < -0.4 is 9.47 Å². The number of aromatic nitrogens is 2. The van der Waals surface area contributed by atoms with Gasteiger partial charge in [0.2, 0.25) is 5.88 Å². The van der Waals surface area contributed by atoms with E-state index in [0.717, 1.165) is 27.2 Å². The number of thioether (sulfide) groups is 1. The van der Waals surface area contributed by atoms with Gasteiger partial charge in [0.05, 0.1) is 24.9 Å². The summed E-state index contributed by atoms with van der Waals surface area (Å²) in [6.07, 6.45) is 0. The molecule has 1 N–H and O–H groups in total. The molecule has 0 aliphatic heterocycles. The van der Waals surface area contributed by atoms with Gasteiger partial charge in [-0.05, 0) is 49.2 Å². The van der Waals surface area contributed by atoms with E-state index in [0.29, 0.717) is 23.1 Å². The lowest BCUT2D eigenvalue weighted by Gasteiger charge is -2.13. The predicted molar refractivity (Wildman–Crippen MR) is 122 cm³/mol. The second-order valence-corrected chi connectivity index (χ2v) is 9.01. The number of hydrogen-bond acceptors (Lipinski definition) is 7. The number of hydrogen-bond donors (Lipinski definition) is 1. The summed E-state index contributed by atoms with van der Waals surface area (Å²) in [6, 6.07) is 15.6. The van der Waals surface area contributed by atoms with Gasteiger partial charge in [-0.3, -0.25) is 0 Å². The SMILES string of the molecule is COc1cc(CO)ccc1Oc1nc(CSc2ccccc2)nc2sc(C)c(C)c12. The molecule has 154 valence electrons. The van der Waals surface area contributed by atoms with Crippen molar-refractivity contribution in [1.82, 2.24) is 9.97 Å². The molecule has 0 saturated carbocycles. The van der Waals surface area contributed by atoms with E-state index >= 15 is 0 Å². The van der Waals surface area contributed by atoms with E-state index in [-0.39, 0.29) is 6.61 Å². The molecule has 4 aromatic rings. The number of methoxy groups -OCH3 is 1. The van der Waals surface area contributed by atoms with Crippen LogP contribution in [0.3, 0.4) is 0 Å². The normalized spacial score (nSPS) is 11.1. The summed E-state index contributed by atoms with van der Waals surface area (Å²) in [5, 5.41) is 10.3. The molecule has 2 heterocycles. The summed E-state index contributed by atoms with van der Waals surface area (Å²) in [5.41, 5.74) is 1.88. The Bertz CT molecular complexity index is 1180. The van der Waals surface area contributed by atoms with Crippen LogP contribution in [-0.2, 0) is 12.4 Å². The zero-order valence-corrected chi connectivity index (χ0v) is 18.6. The van der Waals surface area contributed by atoms with Gasteiger partial charge in [-0.1, -0.05) is 24.3 Å². The molecule has 0 bridgehead atoms. The molecule has 0 amide bonds. The number of benzene rings is 2. The topological polar surface area (TPSA) is 64.5 Å². The minimum Gasteiger partial charge on any atom is -0.493 e. The molecule has 0 atom stereocenters. The number of nitrogens with zero attached hydrogens (tertiary/aromatic N) is 2. The summed E-state index contributed by atoms with van der Waals surface area (Å²) >= 11 is 3.34. The fraction of sp³-hybridized carbons (Fsp3) is 0.217. The Balaban J connectivity index is 1.72. The van der Waals surface area contributed by atoms with Crippen LogP contribution in [0.2, 0.25) is 0 Å². The second-order valence-electron chi connectivity index (χ2n) is 6.76. The van der Waals surface area contributed by atoms with Gasteiger partial charge in [-0.15, -0.1) is 23.1 Å². The van der Waals surface area contributed by atoms with E-state index in [4.69, 9.17) is 19.4 Å². The van der Waals surface area contributed by atoms with Crippen molar-refractivity contribution >= 4 is 33.3 Å². The molecule has 4 rings (SSSR count). The second kappa shape index (κ2) is 9.04. The number of thiophene rings is 1. The van der Waals surface area contributed by atoms with E-state index in [1.807, 2.05) is 24.3 Å². The summed E-state index contributed by atoms with van der Waals surface area (Å²) in [4.78, 5) is 12.8. The maximum absolute atomic E-state index is 9.39. The van der Waals surface area contributed by atoms with Gasteiger partial charge in [0.1, 0.15) is 10.7 Å². The quantitative estimate of drug-likeness (QED) is 0.363. The van der Waals surface area contributed by atoms with Crippen molar-refractivity contribution < 1.29 is 14.6 Å². The summed E-state index contributed by atoms with van der Waals surface area (Å²) in [5.74, 6) is 3.00. The molecule has 2 aromatic heterocycles. The molecule has 0 fully saturated rings. The monoisotopic (exact) mass is 438 g/mol. The van der Waals surface area contributed by atoms with Gasteiger partial charge in [0, 0.05) is 9.77 Å². The Labute approximate surface area is 183 Å². The largest absolute Gasteiger partial charge is 0.493 e. The van der Waals surface area contributed by atoms with Crippen molar-refractivity contribution in [1.29, 1.82) is 0 Å². The average molecular weight is 439 g/mol. The first-order valence-electron chi connectivity index (χ1n) is 9.49. The molecule has 0 spiro atoms. The molecule has 0 aliphatic rings. The minimum atomic E-state index is -0.0575. The number of aliphatic hydroxyl groups excluding tert-OH is 1. The van der Waals surface area contributed by atoms with E-state index in [9.17, 15) is 5.11 Å². The standard InChI is InChI=1S/C23H22N2O3S2/c1-14-15(2)30-23-21(14)22(28-18-10-9-16(12-26)11-19(18)27-3)24-20(25-23)13-29-17-7-5-4-6-8-17/h4-11,26H,12-13H2,1-3H3. The highest BCUT2D eigenvalue weighted by Crippen LogP contribution is 2.39.